The molecule has 21 heavy (non-hydrogen) atoms. The average Bonchev–Trinajstić information content (AvgIpc) is 2.83. The van der Waals surface area contributed by atoms with Crippen molar-refractivity contribution in [2.75, 3.05) is 5.32 Å². The van der Waals surface area contributed by atoms with Gasteiger partial charge < -0.3 is 10.4 Å². The zero-order valence-corrected chi connectivity index (χ0v) is 12.6. The first-order valence-electron chi connectivity index (χ1n) is 6.57. The van der Waals surface area contributed by atoms with Crippen LogP contribution in [0.4, 0.5) is 11.4 Å². The maximum Gasteiger partial charge on any atom is 0.285 e. The monoisotopic (exact) mass is 348 g/mol. The average molecular weight is 349 g/mol. The van der Waals surface area contributed by atoms with Gasteiger partial charge in [-0.05, 0) is 64.2 Å². The number of hydrogen-bond acceptors (Lipinski definition) is 4. The third-order valence-corrected chi connectivity index (χ3v) is 4.36. The molecule has 108 valence electrons. The van der Waals surface area contributed by atoms with Gasteiger partial charge in [-0.3, -0.25) is 10.1 Å². The molecule has 0 heterocycles. The Bertz CT molecular complexity index is 718. The van der Waals surface area contributed by atoms with Crippen molar-refractivity contribution in [1.82, 2.24) is 0 Å². The van der Waals surface area contributed by atoms with E-state index in [0.29, 0.717) is 4.47 Å². The third kappa shape index (κ3) is 2.71. The number of rotatable bonds is 3. The second-order valence-corrected chi connectivity index (χ2v) is 5.90. The number of nitro groups is 1. The smallest absolute Gasteiger partial charge is 0.285 e. The van der Waals surface area contributed by atoms with E-state index in [4.69, 9.17) is 0 Å². The lowest BCUT2D eigenvalue weighted by atomic mass is 10.1. The van der Waals surface area contributed by atoms with Crippen LogP contribution in [-0.4, -0.2) is 10.0 Å². The van der Waals surface area contributed by atoms with Crippen molar-refractivity contribution in [1.29, 1.82) is 0 Å². The molecule has 1 aliphatic carbocycles. The largest absolute Gasteiger partial charge is 0.508 e. The summed E-state index contributed by atoms with van der Waals surface area (Å²) in [5, 5.41) is 23.8. The Labute approximate surface area is 129 Å². The second kappa shape index (κ2) is 5.37. The Balaban J connectivity index is 1.86. The summed E-state index contributed by atoms with van der Waals surface area (Å²) in [5.41, 5.74) is 3.03. The number of hydrogen-bond donors (Lipinski definition) is 2. The molecule has 1 aliphatic rings. The molecule has 6 heteroatoms. The molecule has 2 N–H and O–H groups in total. The number of nitrogens with one attached hydrogen (secondary N) is 1. The Morgan fingerprint density at radius 2 is 2.10 bits per heavy atom. The lowest BCUT2D eigenvalue weighted by molar-refractivity contribution is -0.385. The standard InChI is InChI=1S/C15H13BrN2O3/c16-13-5-2-10(8-15(13)18(20)21)17-14-6-1-9-7-11(19)3-4-12(9)14/h2-5,7-8,14,17,19H,1,6H2. The van der Waals surface area contributed by atoms with E-state index in [-0.39, 0.29) is 17.5 Å². The normalized spacial score (nSPS) is 16.5. The lowest BCUT2D eigenvalue weighted by Gasteiger charge is -2.15. The fourth-order valence-electron chi connectivity index (χ4n) is 2.70. The van der Waals surface area contributed by atoms with Gasteiger partial charge in [0.1, 0.15) is 5.75 Å². The van der Waals surface area contributed by atoms with Crippen molar-refractivity contribution in [3.05, 3.63) is 62.1 Å². The number of aromatic hydroxyl groups is 1. The Hall–Kier alpha value is -2.08. The lowest BCUT2D eigenvalue weighted by Crippen LogP contribution is -2.07. The maximum atomic E-state index is 11.0. The van der Waals surface area contributed by atoms with Gasteiger partial charge >= 0.3 is 0 Å². The Kier molecular flexibility index (Phi) is 3.55. The number of nitrogens with zero attached hydrogens (tertiary/aromatic N) is 1. The fourth-order valence-corrected chi connectivity index (χ4v) is 3.09. The molecule has 0 aliphatic heterocycles. The second-order valence-electron chi connectivity index (χ2n) is 5.04. The molecule has 2 aromatic rings. The predicted molar refractivity (Wildman–Crippen MR) is 83.6 cm³/mol. The van der Waals surface area contributed by atoms with Gasteiger partial charge in [0.25, 0.3) is 5.69 Å². The van der Waals surface area contributed by atoms with Gasteiger partial charge in [-0.2, -0.15) is 0 Å². The molecular formula is C15H13BrN2O3. The van der Waals surface area contributed by atoms with Crippen LogP contribution in [0.5, 0.6) is 5.75 Å². The Morgan fingerprint density at radius 1 is 1.29 bits per heavy atom. The van der Waals surface area contributed by atoms with Crippen LogP contribution < -0.4 is 5.32 Å². The van der Waals surface area contributed by atoms with Crippen LogP contribution >= 0.6 is 15.9 Å². The summed E-state index contributed by atoms with van der Waals surface area (Å²) in [6.07, 6.45) is 1.79. The van der Waals surface area contributed by atoms with Crippen molar-refractivity contribution in [3.8, 4) is 5.75 Å². The number of phenols is 1. The molecule has 1 unspecified atom stereocenters. The number of anilines is 1. The minimum atomic E-state index is -0.407. The van der Waals surface area contributed by atoms with Gasteiger partial charge in [0, 0.05) is 11.8 Å². The molecule has 0 saturated carbocycles. The van der Waals surface area contributed by atoms with E-state index in [2.05, 4.69) is 21.2 Å². The SMILES string of the molecule is O=[N+]([O-])c1cc(NC2CCc3cc(O)ccc32)ccc1Br. The summed E-state index contributed by atoms with van der Waals surface area (Å²) < 4.78 is 0.467. The van der Waals surface area contributed by atoms with Crippen molar-refractivity contribution in [3.63, 3.8) is 0 Å². The molecule has 0 aromatic heterocycles. The number of benzene rings is 2. The topological polar surface area (TPSA) is 75.4 Å². The molecule has 3 rings (SSSR count). The quantitative estimate of drug-likeness (QED) is 0.644. The zero-order chi connectivity index (χ0) is 15.0. The molecule has 0 fully saturated rings. The van der Waals surface area contributed by atoms with Crippen LogP contribution in [0.15, 0.2) is 40.9 Å². The first-order chi connectivity index (χ1) is 10.0. The van der Waals surface area contributed by atoms with E-state index < -0.39 is 4.92 Å². The molecule has 0 amide bonds. The van der Waals surface area contributed by atoms with E-state index in [1.165, 1.54) is 6.07 Å². The number of fused-ring (bicyclic) bond motifs is 1. The molecule has 0 bridgehead atoms. The highest BCUT2D eigenvalue weighted by Gasteiger charge is 2.23. The van der Waals surface area contributed by atoms with Crippen molar-refractivity contribution < 1.29 is 10.0 Å². The van der Waals surface area contributed by atoms with Crippen molar-refractivity contribution in [2.24, 2.45) is 0 Å². The van der Waals surface area contributed by atoms with Crippen LogP contribution in [0, 0.1) is 10.1 Å². The fraction of sp³-hybridized carbons (Fsp3) is 0.200. The van der Waals surface area contributed by atoms with Gasteiger partial charge in [-0.25, -0.2) is 0 Å². The van der Waals surface area contributed by atoms with Gasteiger partial charge in [0.2, 0.25) is 0 Å². The summed E-state index contributed by atoms with van der Waals surface area (Å²) in [5.74, 6) is 0.272. The summed E-state index contributed by atoms with van der Waals surface area (Å²) >= 11 is 3.18. The van der Waals surface area contributed by atoms with Gasteiger partial charge in [-0.1, -0.05) is 6.07 Å². The maximum absolute atomic E-state index is 11.0. The van der Waals surface area contributed by atoms with E-state index in [9.17, 15) is 15.2 Å². The first-order valence-corrected chi connectivity index (χ1v) is 7.36. The first kappa shape index (κ1) is 13.9. The minimum absolute atomic E-state index is 0.0453. The number of aryl methyl sites for hydroxylation is 1. The van der Waals surface area contributed by atoms with E-state index in [0.717, 1.165) is 29.7 Å². The highest BCUT2D eigenvalue weighted by molar-refractivity contribution is 9.10. The van der Waals surface area contributed by atoms with Crippen molar-refractivity contribution in [2.45, 2.75) is 18.9 Å². The number of halogens is 1. The highest BCUT2D eigenvalue weighted by atomic mass is 79.9. The zero-order valence-electron chi connectivity index (χ0n) is 11.0. The van der Waals surface area contributed by atoms with Crippen LogP contribution in [0.3, 0.4) is 0 Å². The number of nitro benzene ring substituents is 1. The molecule has 5 nitrogen and oxygen atoms in total. The molecular weight excluding hydrogens is 336 g/mol. The van der Waals surface area contributed by atoms with Gasteiger partial charge in [0.15, 0.2) is 0 Å². The van der Waals surface area contributed by atoms with Crippen molar-refractivity contribution >= 4 is 27.3 Å². The van der Waals surface area contributed by atoms with Crippen LogP contribution in [0.25, 0.3) is 0 Å². The minimum Gasteiger partial charge on any atom is -0.508 e. The van der Waals surface area contributed by atoms with E-state index >= 15 is 0 Å². The van der Waals surface area contributed by atoms with E-state index in [1.54, 1.807) is 18.2 Å². The Morgan fingerprint density at radius 3 is 2.86 bits per heavy atom. The molecule has 0 radical (unpaired) electrons. The number of phenolic OH excluding ortho intramolecular Hbond substituents is 1. The van der Waals surface area contributed by atoms with Crippen LogP contribution in [0.2, 0.25) is 0 Å². The van der Waals surface area contributed by atoms with Crippen LogP contribution in [0.1, 0.15) is 23.6 Å². The summed E-state index contributed by atoms with van der Waals surface area (Å²) in [4.78, 5) is 10.6. The van der Waals surface area contributed by atoms with E-state index in [1.807, 2.05) is 12.1 Å². The summed E-state index contributed by atoms with van der Waals surface area (Å²) in [7, 11) is 0. The third-order valence-electron chi connectivity index (χ3n) is 3.69. The highest BCUT2D eigenvalue weighted by Crippen LogP contribution is 2.37. The predicted octanol–water partition coefficient (Wildman–Crippen LogP) is 4.16. The molecule has 0 saturated heterocycles. The molecule has 2 aromatic carbocycles. The van der Waals surface area contributed by atoms with Gasteiger partial charge in [-0.15, -0.1) is 0 Å². The molecule has 1 atom stereocenters. The summed E-state index contributed by atoms with van der Waals surface area (Å²) in [6, 6.07) is 10.5. The summed E-state index contributed by atoms with van der Waals surface area (Å²) in [6.45, 7) is 0. The molecule has 0 spiro atoms. The van der Waals surface area contributed by atoms with Gasteiger partial charge in [0.05, 0.1) is 15.4 Å². The van der Waals surface area contributed by atoms with Crippen LogP contribution in [-0.2, 0) is 6.42 Å².